The molecule has 2 unspecified atom stereocenters. The molecule has 5 rings (SSSR count). The molecule has 3 saturated heterocycles. The van der Waals surface area contributed by atoms with Crippen molar-refractivity contribution in [3.8, 4) is 6.01 Å². The lowest BCUT2D eigenvalue weighted by atomic mass is 10.1. The summed E-state index contributed by atoms with van der Waals surface area (Å²) in [7, 11) is 1.48. The molecule has 29 heavy (non-hydrogen) atoms. The number of halogens is 3. The first-order chi connectivity index (χ1) is 14.1. The number of hydrogen-bond acceptors (Lipinski definition) is 6. The van der Waals surface area contributed by atoms with Crippen molar-refractivity contribution < 1.29 is 13.5 Å². The Kier molecular flexibility index (Phi) is 6.46. The number of aromatic nitrogens is 2. The van der Waals surface area contributed by atoms with Crippen molar-refractivity contribution in [1.29, 1.82) is 0 Å². The van der Waals surface area contributed by atoms with Crippen LogP contribution in [0.2, 0.25) is 0 Å². The highest BCUT2D eigenvalue weighted by atomic mass is 79.9. The number of ether oxygens (including phenoxy) is 1. The van der Waals surface area contributed by atoms with E-state index in [0.717, 1.165) is 45.0 Å². The molecule has 3 aliphatic rings. The van der Waals surface area contributed by atoms with E-state index in [1.165, 1.54) is 20.0 Å². The summed E-state index contributed by atoms with van der Waals surface area (Å²) in [6, 6.07) is 4.31. The van der Waals surface area contributed by atoms with Crippen LogP contribution in [0, 0.1) is 5.82 Å². The first-order valence-corrected chi connectivity index (χ1v) is 10.9. The Morgan fingerprint density at radius 1 is 1.21 bits per heavy atom. The van der Waals surface area contributed by atoms with Crippen LogP contribution in [0.5, 0.6) is 6.01 Å². The van der Waals surface area contributed by atoms with Gasteiger partial charge in [0.1, 0.15) is 17.5 Å². The number of alkyl halides is 1. The van der Waals surface area contributed by atoms with Crippen molar-refractivity contribution in [3.63, 3.8) is 0 Å². The van der Waals surface area contributed by atoms with Crippen molar-refractivity contribution in [1.82, 2.24) is 20.2 Å². The third-order valence-corrected chi connectivity index (χ3v) is 6.39. The second kappa shape index (κ2) is 9.06. The highest BCUT2D eigenvalue weighted by Crippen LogP contribution is 2.31. The molecular weight excluding hydrogens is 444 g/mol. The van der Waals surface area contributed by atoms with E-state index in [1.807, 2.05) is 6.07 Å². The molecule has 1 N–H and O–H groups in total. The van der Waals surface area contributed by atoms with Gasteiger partial charge >= 0.3 is 6.01 Å². The van der Waals surface area contributed by atoms with Gasteiger partial charge in [0, 0.05) is 44.2 Å². The van der Waals surface area contributed by atoms with Crippen molar-refractivity contribution in [3.05, 3.63) is 22.4 Å². The van der Waals surface area contributed by atoms with Gasteiger partial charge in [0.25, 0.3) is 0 Å². The fourth-order valence-electron chi connectivity index (χ4n) is 4.34. The molecule has 0 amide bonds. The Bertz CT molecular complexity index is 852. The van der Waals surface area contributed by atoms with Gasteiger partial charge in [0.05, 0.1) is 11.6 Å². The van der Waals surface area contributed by atoms with E-state index in [2.05, 4.69) is 41.0 Å². The molecule has 0 spiro atoms. The lowest BCUT2D eigenvalue weighted by molar-refractivity contribution is 0.292. The number of rotatable bonds is 2. The second-order valence-corrected chi connectivity index (χ2v) is 8.51. The van der Waals surface area contributed by atoms with Crippen LogP contribution < -0.4 is 15.0 Å². The maximum atomic E-state index is 14.2. The average Bonchev–Trinajstić information content (AvgIpc) is 3.32. The molecule has 2 aromatic rings. The van der Waals surface area contributed by atoms with Crippen molar-refractivity contribution >= 4 is 32.7 Å². The molecular formula is C20H26BrF2N5O. The van der Waals surface area contributed by atoms with Crippen LogP contribution in [-0.2, 0) is 0 Å². The van der Waals surface area contributed by atoms with Crippen LogP contribution in [-0.4, -0.2) is 73.5 Å². The smallest absolute Gasteiger partial charge is 0.318 e. The third kappa shape index (κ3) is 4.46. The summed E-state index contributed by atoms with van der Waals surface area (Å²) >= 11 is 3.18. The number of piperazine rings is 1. The van der Waals surface area contributed by atoms with Crippen molar-refractivity contribution in [2.45, 2.75) is 31.5 Å². The number of nitrogens with zero attached hydrogens (tertiary/aromatic N) is 4. The summed E-state index contributed by atoms with van der Waals surface area (Å²) in [5.74, 6) is 0.333. The normalized spacial score (nSPS) is 24.3. The Morgan fingerprint density at radius 2 is 2.00 bits per heavy atom. The Labute approximate surface area is 177 Å². The highest BCUT2D eigenvalue weighted by Gasteiger charge is 2.34. The molecule has 3 aliphatic heterocycles. The monoisotopic (exact) mass is 469 g/mol. The van der Waals surface area contributed by atoms with E-state index >= 15 is 0 Å². The molecule has 9 heteroatoms. The van der Waals surface area contributed by atoms with Crippen LogP contribution in [0.4, 0.5) is 14.6 Å². The molecule has 6 nitrogen and oxygen atoms in total. The van der Waals surface area contributed by atoms with Crippen LogP contribution in [0.25, 0.3) is 10.9 Å². The van der Waals surface area contributed by atoms with Gasteiger partial charge < -0.3 is 15.0 Å². The maximum Gasteiger partial charge on any atom is 0.318 e. The number of nitrogens with one attached hydrogen (secondary N) is 1. The first kappa shape index (κ1) is 20.7. The van der Waals surface area contributed by atoms with Crippen LogP contribution >= 0.6 is 15.9 Å². The zero-order valence-electron chi connectivity index (χ0n) is 16.5. The van der Waals surface area contributed by atoms with Crippen LogP contribution in [0.15, 0.2) is 16.6 Å². The standard InChI is InChI=1S/C13H14BrFN4O.C7H12FN/c1-20-13-17-11-8(2-3-9(14)10(11)15)12(18-13)19-6-4-16-5-7-19;8-6-4-7-2-1-3-9(7)5-6/h2-3,16H,4-7H2,1H3;6-7H,1-5H2. The predicted molar refractivity (Wildman–Crippen MR) is 113 cm³/mol. The van der Waals surface area contributed by atoms with E-state index in [-0.39, 0.29) is 17.3 Å². The van der Waals surface area contributed by atoms with E-state index in [0.29, 0.717) is 22.4 Å². The van der Waals surface area contributed by atoms with Gasteiger partial charge in [-0.3, -0.25) is 4.90 Å². The SMILES string of the molecule is COc1nc(N2CCNCC2)c2ccc(Br)c(F)c2n1.FC1CC2CCCN2C1. The second-order valence-electron chi connectivity index (χ2n) is 7.65. The lowest BCUT2D eigenvalue weighted by Crippen LogP contribution is -2.44. The molecule has 0 saturated carbocycles. The van der Waals surface area contributed by atoms with E-state index in [4.69, 9.17) is 4.74 Å². The molecule has 2 atom stereocenters. The van der Waals surface area contributed by atoms with E-state index in [1.54, 1.807) is 6.07 Å². The molecule has 3 fully saturated rings. The summed E-state index contributed by atoms with van der Waals surface area (Å²) in [6.07, 6.45) is 2.81. The Hall–Kier alpha value is -1.58. The summed E-state index contributed by atoms with van der Waals surface area (Å²) < 4.78 is 32.3. The number of hydrogen-bond donors (Lipinski definition) is 1. The summed E-state index contributed by atoms with van der Waals surface area (Å²) in [6.45, 7) is 5.27. The summed E-state index contributed by atoms with van der Waals surface area (Å²) in [5.41, 5.74) is 0.278. The van der Waals surface area contributed by atoms with E-state index in [9.17, 15) is 8.78 Å². The number of benzene rings is 1. The molecule has 0 radical (unpaired) electrons. The number of methoxy groups -OCH3 is 1. The van der Waals surface area contributed by atoms with Gasteiger partial charge in [-0.1, -0.05) is 0 Å². The molecule has 1 aromatic carbocycles. The predicted octanol–water partition coefficient (Wildman–Crippen LogP) is 3.14. The van der Waals surface area contributed by atoms with Crippen LogP contribution in [0.3, 0.4) is 0 Å². The minimum absolute atomic E-state index is 0.183. The van der Waals surface area contributed by atoms with Gasteiger partial charge in [0.15, 0.2) is 5.82 Å². The molecule has 4 heterocycles. The third-order valence-electron chi connectivity index (χ3n) is 5.78. The molecule has 158 valence electrons. The molecule has 0 aliphatic carbocycles. The Balaban J connectivity index is 0.000000188. The largest absolute Gasteiger partial charge is 0.467 e. The minimum atomic E-state index is -0.518. The quantitative estimate of drug-likeness (QED) is 0.728. The average molecular weight is 470 g/mol. The van der Waals surface area contributed by atoms with Crippen molar-refractivity contribution in [2.75, 3.05) is 51.3 Å². The zero-order chi connectivity index (χ0) is 20.4. The summed E-state index contributed by atoms with van der Waals surface area (Å²) in [5, 5.41) is 3.99. The lowest BCUT2D eigenvalue weighted by Gasteiger charge is -2.29. The number of anilines is 1. The van der Waals surface area contributed by atoms with Gasteiger partial charge in [-0.15, -0.1) is 0 Å². The number of fused-ring (bicyclic) bond motifs is 2. The zero-order valence-corrected chi connectivity index (χ0v) is 18.1. The topological polar surface area (TPSA) is 53.5 Å². The van der Waals surface area contributed by atoms with Crippen LogP contribution in [0.1, 0.15) is 19.3 Å². The maximum absolute atomic E-state index is 14.2. The van der Waals surface area contributed by atoms with Gasteiger partial charge in [-0.25, -0.2) is 8.78 Å². The fourth-order valence-corrected chi connectivity index (χ4v) is 4.66. The molecule has 0 bridgehead atoms. The Morgan fingerprint density at radius 3 is 2.72 bits per heavy atom. The van der Waals surface area contributed by atoms with E-state index < -0.39 is 6.17 Å². The first-order valence-electron chi connectivity index (χ1n) is 10.1. The van der Waals surface area contributed by atoms with Crippen molar-refractivity contribution in [2.24, 2.45) is 0 Å². The summed E-state index contributed by atoms with van der Waals surface area (Å²) in [4.78, 5) is 12.9. The van der Waals surface area contributed by atoms with Gasteiger partial charge in [-0.05, 0) is 53.9 Å². The molecule has 1 aromatic heterocycles. The van der Waals surface area contributed by atoms with Gasteiger partial charge in [-0.2, -0.15) is 9.97 Å². The fraction of sp³-hybridized carbons (Fsp3) is 0.600. The highest BCUT2D eigenvalue weighted by molar-refractivity contribution is 9.10. The van der Waals surface area contributed by atoms with Gasteiger partial charge in [0.2, 0.25) is 0 Å². The minimum Gasteiger partial charge on any atom is -0.467 e.